The first kappa shape index (κ1) is 18.0. The van der Waals surface area contributed by atoms with E-state index in [1.165, 1.54) is 0 Å². The lowest BCUT2D eigenvalue weighted by Crippen LogP contribution is -2.35. The molecule has 0 heterocycles. The number of nitrogens with one attached hydrogen (secondary N) is 1. The second-order valence-electron chi connectivity index (χ2n) is 6.35. The van der Waals surface area contributed by atoms with Crippen LogP contribution in [0.4, 0.5) is 4.79 Å². The van der Waals surface area contributed by atoms with Crippen molar-refractivity contribution in [2.75, 3.05) is 13.6 Å². The van der Waals surface area contributed by atoms with Crippen molar-refractivity contribution in [3.63, 3.8) is 0 Å². The molecule has 0 aromatic heterocycles. The van der Waals surface area contributed by atoms with Crippen LogP contribution < -0.4 is 5.32 Å². The molecule has 0 spiro atoms. The molecular formula is C17H26N2O3. The lowest BCUT2D eigenvalue weighted by molar-refractivity contribution is -0.130. The van der Waals surface area contributed by atoms with Crippen molar-refractivity contribution in [1.82, 2.24) is 10.2 Å². The number of nitrogens with zero attached hydrogens (tertiary/aromatic N) is 1. The number of benzene rings is 1. The van der Waals surface area contributed by atoms with Gasteiger partial charge in [-0.1, -0.05) is 24.3 Å². The molecule has 5 nitrogen and oxygen atoms in total. The molecule has 1 N–H and O–H groups in total. The maximum atomic E-state index is 12.1. The fourth-order valence-electron chi connectivity index (χ4n) is 1.91. The van der Waals surface area contributed by atoms with E-state index in [4.69, 9.17) is 4.74 Å². The summed E-state index contributed by atoms with van der Waals surface area (Å²) in [7, 11) is 1.77. The summed E-state index contributed by atoms with van der Waals surface area (Å²) >= 11 is 0. The molecule has 2 amide bonds. The summed E-state index contributed by atoms with van der Waals surface area (Å²) in [6, 6.07) is 7.98. The van der Waals surface area contributed by atoms with Gasteiger partial charge in [-0.05, 0) is 38.8 Å². The van der Waals surface area contributed by atoms with Crippen LogP contribution >= 0.6 is 0 Å². The minimum absolute atomic E-state index is 0.0145. The van der Waals surface area contributed by atoms with Gasteiger partial charge in [0.05, 0.1) is 0 Å². The van der Waals surface area contributed by atoms with E-state index in [1.54, 1.807) is 32.7 Å². The second-order valence-corrected chi connectivity index (χ2v) is 6.35. The predicted molar refractivity (Wildman–Crippen MR) is 86.5 cm³/mol. The van der Waals surface area contributed by atoms with Crippen molar-refractivity contribution in [3.8, 4) is 0 Å². The van der Waals surface area contributed by atoms with Gasteiger partial charge in [0, 0.05) is 26.6 Å². The summed E-state index contributed by atoms with van der Waals surface area (Å²) in [4.78, 5) is 25.2. The lowest BCUT2D eigenvalue weighted by atomic mass is 10.1. The van der Waals surface area contributed by atoms with Gasteiger partial charge in [-0.3, -0.25) is 4.79 Å². The van der Waals surface area contributed by atoms with Crippen molar-refractivity contribution >= 4 is 12.0 Å². The average molecular weight is 306 g/mol. The first-order valence-electron chi connectivity index (χ1n) is 7.44. The number of carbonyl (C=O) groups is 2. The van der Waals surface area contributed by atoms with E-state index in [0.717, 1.165) is 11.1 Å². The standard InChI is InChI=1S/C17H26N2O3/c1-13-8-6-7-9-14(13)12-19(5)15(20)10-11-18-16(21)22-17(2,3)4/h6-9H,10-12H2,1-5H3,(H,18,21). The van der Waals surface area contributed by atoms with E-state index in [0.29, 0.717) is 6.54 Å². The molecule has 0 aliphatic rings. The summed E-state index contributed by atoms with van der Waals surface area (Å²) in [5.41, 5.74) is 1.75. The van der Waals surface area contributed by atoms with Crippen LogP contribution in [0.2, 0.25) is 0 Å². The van der Waals surface area contributed by atoms with E-state index in [-0.39, 0.29) is 18.9 Å². The molecule has 0 aliphatic carbocycles. The number of aryl methyl sites for hydroxylation is 1. The van der Waals surface area contributed by atoms with Gasteiger partial charge >= 0.3 is 6.09 Å². The highest BCUT2D eigenvalue weighted by Gasteiger charge is 2.16. The van der Waals surface area contributed by atoms with Crippen LogP contribution in [0.15, 0.2) is 24.3 Å². The first-order chi connectivity index (χ1) is 10.2. The molecule has 0 radical (unpaired) electrons. The quantitative estimate of drug-likeness (QED) is 0.910. The third kappa shape index (κ3) is 6.61. The minimum Gasteiger partial charge on any atom is -0.444 e. The summed E-state index contributed by atoms with van der Waals surface area (Å²) in [6.07, 6.45) is -0.247. The van der Waals surface area contributed by atoms with Gasteiger partial charge in [-0.25, -0.2) is 4.79 Å². The zero-order valence-electron chi connectivity index (χ0n) is 14.1. The van der Waals surface area contributed by atoms with E-state index >= 15 is 0 Å². The Kier molecular flexibility index (Phi) is 6.40. The highest BCUT2D eigenvalue weighted by atomic mass is 16.6. The number of hydrogen-bond acceptors (Lipinski definition) is 3. The molecule has 1 aromatic carbocycles. The molecule has 1 rings (SSSR count). The Morgan fingerprint density at radius 2 is 1.86 bits per heavy atom. The van der Waals surface area contributed by atoms with Gasteiger partial charge in [0.15, 0.2) is 0 Å². The molecule has 0 unspecified atom stereocenters. The monoisotopic (exact) mass is 306 g/mol. The lowest BCUT2D eigenvalue weighted by Gasteiger charge is -2.21. The topological polar surface area (TPSA) is 58.6 Å². The van der Waals surface area contributed by atoms with E-state index < -0.39 is 11.7 Å². The maximum absolute atomic E-state index is 12.1. The predicted octanol–water partition coefficient (Wildman–Crippen LogP) is 2.87. The molecule has 0 atom stereocenters. The number of rotatable bonds is 5. The third-order valence-corrected chi connectivity index (χ3v) is 3.10. The Balaban J connectivity index is 2.36. The maximum Gasteiger partial charge on any atom is 0.407 e. The number of ether oxygens (including phenoxy) is 1. The Morgan fingerprint density at radius 3 is 2.45 bits per heavy atom. The van der Waals surface area contributed by atoms with Gasteiger partial charge in [0.1, 0.15) is 5.60 Å². The van der Waals surface area contributed by atoms with E-state index in [9.17, 15) is 9.59 Å². The van der Waals surface area contributed by atoms with Crippen molar-refractivity contribution in [3.05, 3.63) is 35.4 Å². The normalized spacial score (nSPS) is 11.0. The smallest absolute Gasteiger partial charge is 0.407 e. The molecule has 0 bridgehead atoms. The Morgan fingerprint density at radius 1 is 1.23 bits per heavy atom. The molecule has 0 fully saturated rings. The van der Waals surface area contributed by atoms with Crippen LogP contribution in [0.5, 0.6) is 0 Å². The molecule has 0 aliphatic heterocycles. The first-order valence-corrected chi connectivity index (χ1v) is 7.44. The molecule has 0 saturated carbocycles. The van der Waals surface area contributed by atoms with Crippen LogP contribution in [0.1, 0.15) is 38.3 Å². The van der Waals surface area contributed by atoms with Crippen LogP contribution in [0, 0.1) is 6.92 Å². The molecule has 0 saturated heterocycles. The number of hydrogen-bond donors (Lipinski definition) is 1. The number of alkyl carbamates (subject to hydrolysis) is 1. The van der Waals surface area contributed by atoms with Gasteiger partial charge in [-0.15, -0.1) is 0 Å². The summed E-state index contributed by atoms with van der Waals surface area (Å²) in [6.45, 7) is 8.26. The van der Waals surface area contributed by atoms with E-state index in [1.807, 2.05) is 31.2 Å². The zero-order chi connectivity index (χ0) is 16.8. The van der Waals surface area contributed by atoms with Gasteiger partial charge in [0.2, 0.25) is 5.91 Å². The average Bonchev–Trinajstić information content (AvgIpc) is 2.39. The number of amides is 2. The van der Waals surface area contributed by atoms with Gasteiger partial charge in [0.25, 0.3) is 0 Å². The molecule has 5 heteroatoms. The van der Waals surface area contributed by atoms with Gasteiger partial charge < -0.3 is 15.0 Å². The molecule has 22 heavy (non-hydrogen) atoms. The van der Waals surface area contributed by atoms with Crippen molar-refractivity contribution in [2.24, 2.45) is 0 Å². The van der Waals surface area contributed by atoms with Crippen molar-refractivity contribution in [1.29, 1.82) is 0 Å². The van der Waals surface area contributed by atoms with Crippen molar-refractivity contribution < 1.29 is 14.3 Å². The van der Waals surface area contributed by atoms with Crippen LogP contribution in [0.25, 0.3) is 0 Å². The second kappa shape index (κ2) is 7.82. The Labute approximate surface area is 132 Å². The summed E-state index contributed by atoms with van der Waals surface area (Å²) < 4.78 is 5.12. The van der Waals surface area contributed by atoms with Crippen molar-refractivity contribution in [2.45, 2.75) is 46.3 Å². The van der Waals surface area contributed by atoms with Crippen LogP contribution in [-0.2, 0) is 16.1 Å². The Bertz CT molecular complexity index is 521. The van der Waals surface area contributed by atoms with Gasteiger partial charge in [-0.2, -0.15) is 0 Å². The zero-order valence-corrected chi connectivity index (χ0v) is 14.1. The molecule has 1 aromatic rings. The van der Waals surface area contributed by atoms with E-state index in [2.05, 4.69) is 5.32 Å². The highest BCUT2D eigenvalue weighted by Crippen LogP contribution is 2.10. The minimum atomic E-state index is -0.532. The number of carbonyl (C=O) groups excluding carboxylic acids is 2. The largest absolute Gasteiger partial charge is 0.444 e. The highest BCUT2D eigenvalue weighted by molar-refractivity contribution is 5.77. The SMILES string of the molecule is Cc1ccccc1CN(C)C(=O)CCNC(=O)OC(C)(C)C. The molecular weight excluding hydrogens is 280 g/mol. The Hall–Kier alpha value is -2.04. The summed E-state index contributed by atoms with van der Waals surface area (Å²) in [5.74, 6) is -0.0145. The molecule has 122 valence electrons. The summed E-state index contributed by atoms with van der Waals surface area (Å²) in [5, 5.41) is 2.59. The fourth-order valence-corrected chi connectivity index (χ4v) is 1.91. The third-order valence-electron chi connectivity index (χ3n) is 3.10. The van der Waals surface area contributed by atoms with Crippen LogP contribution in [-0.4, -0.2) is 36.1 Å². The van der Waals surface area contributed by atoms with Crippen LogP contribution in [0.3, 0.4) is 0 Å². The fraction of sp³-hybridized carbons (Fsp3) is 0.529.